The summed E-state index contributed by atoms with van der Waals surface area (Å²) < 4.78 is 40.1. The Kier molecular flexibility index (Phi) is 3.33. The van der Waals surface area contributed by atoms with Gasteiger partial charge in [-0.25, -0.2) is 17.5 Å². The fourth-order valence-corrected chi connectivity index (χ4v) is 3.88. The van der Waals surface area contributed by atoms with Gasteiger partial charge in [-0.05, 0) is 43.9 Å². The highest BCUT2D eigenvalue weighted by molar-refractivity contribution is 7.89. The van der Waals surface area contributed by atoms with Crippen molar-refractivity contribution in [2.45, 2.75) is 43.0 Å². The van der Waals surface area contributed by atoms with Crippen molar-refractivity contribution in [1.29, 1.82) is 0 Å². The van der Waals surface area contributed by atoms with Gasteiger partial charge in [0.2, 0.25) is 10.0 Å². The van der Waals surface area contributed by atoms with E-state index in [2.05, 4.69) is 4.72 Å². The predicted octanol–water partition coefficient (Wildman–Crippen LogP) is 2.02. The molecule has 1 aromatic rings. The van der Waals surface area contributed by atoms with E-state index in [1.165, 1.54) is 6.07 Å². The molecule has 18 heavy (non-hydrogen) atoms. The summed E-state index contributed by atoms with van der Waals surface area (Å²) >= 11 is 0. The minimum absolute atomic E-state index is 0.0522. The molecule has 0 aromatic heterocycles. The number of anilines is 1. The highest BCUT2D eigenvalue weighted by atomic mass is 32.2. The number of nitrogen functional groups attached to an aromatic ring is 1. The average molecular weight is 272 g/mol. The summed E-state index contributed by atoms with van der Waals surface area (Å²) in [5.74, 6) is -0.541. The van der Waals surface area contributed by atoms with E-state index in [0.29, 0.717) is 0 Å². The van der Waals surface area contributed by atoms with Gasteiger partial charge in [0.05, 0.1) is 5.69 Å². The molecule has 0 spiro atoms. The molecule has 1 aliphatic carbocycles. The predicted molar refractivity (Wildman–Crippen MR) is 68.0 cm³/mol. The van der Waals surface area contributed by atoms with E-state index < -0.39 is 15.8 Å². The minimum Gasteiger partial charge on any atom is -0.398 e. The molecule has 0 radical (unpaired) electrons. The first kappa shape index (κ1) is 13.3. The van der Waals surface area contributed by atoms with Crippen molar-refractivity contribution >= 4 is 15.7 Å². The summed E-state index contributed by atoms with van der Waals surface area (Å²) in [7, 11) is -3.68. The topological polar surface area (TPSA) is 72.2 Å². The van der Waals surface area contributed by atoms with Gasteiger partial charge in [-0.15, -0.1) is 0 Å². The van der Waals surface area contributed by atoms with Crippen molar-refractivity contribution in [3.63, 3.8) is 0 Å². The number of nitrogens with one attached hydrogen (secondary N) is 1. The Balaban J connectivity index is 2.31. The monoisotopic (exact) mass is 272 g/mol. The molecule has 1 aromatic carbocycles. The molecule has 0 heterocycles. The normalized spacial score (nSPS) is 18.3. The summed E-state index contributed by atoms with van der Waals surface area (Å²) in [5, 5.41) is 0. The van der Waals surface area contributed by atoms with Crippen LogP contribution in [0.5, 0.6) is 0 Å². The Hall–Kier alpha value is -1.14. The first-order chi connectivity index (χ1) is 8.38. The highest BCUT2D eigenvalue weighted by Crippen LogP contribution is 2.36. The highest BCUT2D eigenvalue weighted by Gasteiger charge is 2.39. The summed E-state index contributed by atoms with van der Waals surface area (Å²) in [4.78, 5) is -0.0522. The van der Waals surface area contributed by atoms with Crippen LogP contribution >= 0.6 is 0 Å². The summed E-state index contributed by atoms with van der Waals surface area (Å²) in [6.45, 7) is 1.95. The van der Waals surface area contributed by atoms with E-state index in [1.54, 1.807) is 0 Å². The second-order valence-electron chi connectivity index (χ2n) is 4.78. The van der Waals surface area contributed by atoms with Crippen LogP contribution in [0.3, 0.4) is 0 Å². The van der Waals surface area contributed by atoms with Crippen LogP contribution < -0.4 is 10.5 Å². The van der Waals surface area contributed by atoms with Gasteiger partial charge in [0, 0.05) is 5.54 Å². The zero-order valence-electron chi connectivity index (χ0n) is 10.2. The van der Waals surface area contributed by atoms with E-state index in [1.807, 2.05) is 6.92 Å². The zero-order valence-corrected chi connectivity index (χ0v) is 11.1. The Morgan fingerprint density at radius 3 is 2.56 bits per heavy atom. The van der Waals surface area contributed by atoms with Gasteiger partial charge < -0.3 is 5.73 Å². The summed E-state index contributed by atoms with van der Waals surface area (Å²) in [5.41, 5.74) is 5.16. The molecule has 0 atom stereocenters. The Morgan fingerprint density at radius 2 is 2.11 bits per heavy atom. The lowest BCUT2D eigenvalue weighted by molar-refractivity contribution is 0.214. The lowest BCUT2D eigenvalue weighted by atomic mass is 9.76. The van der Waals surface area contributed by atoms with Gasteiger partial charge in [0.15, 0.2) is 0 Å². The molecule has 2 rings (SSSR count). The number of benzene rings is 1. The average Bonchev–Trinajstić information content (AvgIpc) is 2.23. The SMILES string of the molecule is CCC1(NS(=O)(=O)c2ccc(F)cc2N)CCC1. The van der Waals surface area contributed by atoms with Gasteiger partial charge in [0.1, 0.15) is 10.7 Å². The molecule has 0 aliphatic heterocycles. The van der Waals surface area contributed by atoms with Crippen molar-refractivity contribution in [2.75, 3.05) is 5.73 Å². The summed E-state index contributed by atoms with van der Waals surface area (Å²) in [6.07, 6.45) is 3.44. The smallest absolute Gasteiger partial charge is 0.243 e. The fourth-order valence-electron chi connectivity index (χ4n) is 2.24. The Bertz CT molecular complexity index is 548. The van der Waals surface area contributed by atoms with Gasteiger partial charge in [-0.1, -0.05) is 6.92 Å². The number of halogens is 1. The number of hydrogen-bond acceptors (Lipinski definition) is 3. The van der Waals surface area contributed by atoms with Crippen LogP contribution in [0.1, 0.15) is 32.6 Å². The minimum atomic E-state index is -3.68. The van der Waals surface area contributed by atoms with Crippen LogP contribution in [-0.4, -0.2) is 14.0 Å². The molecule has 0 amide bonds. The second-order valence-corrected chi connectivity index (χ2v) is 6.43. The standard InChI is InChI=1S/C12H17FN2O2S/c1-2-12(6-3-7-12)15-18(16,17)11-5-4-9(13)8-10(11)14/h4-5,8,15H,2-3,6-7,14H2,1H3. The van der Waals surface area contributed by atoms with Crippen LogP contribution in [0.2, 0.25) is 0 Å². The maximum absolute atomic E-state index is 12.9. The second kappa shape index (κ2) is 4.51. The van der Waals surface area contributed by atoms with Gasteiger partial charge >= 0.3 is 0 Å². The van der Waals surface area contributed by atoms with Crippen LogP contribution in [0.15, 0.2) is 23.1 Å². The van der Waals surface area contributed by atoms with Gasteiger partial charge in [0.25, 0.3) is 0 Å². The van der Waals surface area contributed by atoms with Crippen molar-refractivity contribution in [2.24, 2.45) is 0 Å². The van der Waals surface area contributed by atoms with Crippen LogP contribution in [0.25, 0.3) is 0 Å². The molecule has 100 valence electrons. The van der Waals surface area contributed by atoms with E-state index in [9.17, 15) is 12.8 Å². The molecule has 1 fully saturated rings. The third-order valence-corrected chi connectivity index (χ3v) is 5.25. The molecule has 1 saturated carbocycles. The lowest BCUT2D eigenvalue weighted by Gasteiger charge is -2.41. The molecule has 3 N–H and O–H groups in total. The van der Waals surface area contributed by atoms with Gasteiger partial charge in [-0.2, -0.15) is 0 Å². The molecule has 6 heteroatoms. The lowest BCUT2D eigenvalue weighted by Crippen LogP contribution is -2.52. The Morgan fingerprint density at radius 1 is 1.44 bits per heavy atom. The van der Waals surface area contributed by atoms with Crippen molar-refractivity contribution in [3.05, 3.63) is 24.0 Å². The molecule has 0 bridgehead atoms. The largest absolute Gasteiger partial charge is 0.398 e. The van der Waals surface area contributed by atoms with Crippen LogP contribution in [0.4, 0.5) is 10.1 Å². The number of nitrogens with two attached hydrogens (primary N) is 1. The number of rotatable bonds is 4. The van der Waals surface area contributed by atoms with Crippen molar-refractivity contribution < 1.29 is 12.8 Å². The third-order valence-electron chi connectivity index (χ3n) is 3.60. The van der Waals surface area contributed by atoms with E-state index in [-0.39, 0.29) is 16.1 Å². The molecule has 0 unspecified atom stereocenters. The van der Waals surface area contributed by atoms with Crippen molar-refractivity contribution in [3.8, 4) is 0 Å². The maximum atomic E-state index is 12.9. The van der Waals surface area contributed by atoms with E-state index in [4.69, 9.17) is 5.73 Å². The molecule has 4 nitrogen and oxygen atoms in total. The van der Waals surface area contributed by atoms with Crippen molar-refractivity contribution in [1.82, 2.24) is 4.72 Å². The Labute approximate surface area is 106 Å². The summed E-state index contributed by atoms with van der Waals surface area (Å²) in [6, 6.07) is 3.33. The fraction of sp³-hybridized carbons (Fsp3) is 0.500. The van der Waals surface area contributed by atoms with E-state index >= 15 is 0 Å². The van der Waals surface area contributed by atoms with E-state index in [0.717, 1.165) is 37.8 Å². The number of hydrogen-bond donors (Lipinski definition) is 2. The zero-order chi connectivity index (χ0) is 13.4. The quantitative estimate of drug-likeness (QED) is 0.824. The molecule has 0 saturated heterocycles. The van der Waals surface area contributed by atoms with Crippen LogP contribution in [-0.2, 0) is 10.0 Å². The van der Waals surface area contributed by atoms with Gasteiger partial charge in [-0.3, -0.25) is 0 Å². The molecular formula is C12H17FN2O2S. The third kappa shape index (κ3) is 2.35. The molecule has 1 aliphatic rings. The first-order valence-electron chi connectivity index (χ1n) is 5.98. The first-order valence-corrected chi connectivity index (χ1v) is 7.46. The number of sulfonamides is 1. The van der Waals surface area contributed by atoms with Crippen LogP contribution in [0, 0.1) is 5.82 Å². The maximum Gasteiger partial charge on any atom is 0.243 e. The molecular weight excluding hydrogens is 255 g/mol.